The molecule has 0 spiro atoms. The molecule has 5 nitrogen and oxygen atoms in total. The summed E-state index contributed by atoms with van der Waals surface area (Å²) >= 11 is 0. The molecule has 2 aromatic rings. The smallest absolute Gasteiger partial charge is 0.254 e. The van der Waals surface area contributed by atoms with Gasteiger partial charge < -0.3 is 14.8 Å². The largest absolute Gasteiger partial charge is 0.491 e. The molecule has 1 N–H and O–H groups in total. The number of nitrogens with one attached hydrogen (secondary N) is 1. The second kappa shape index (κ2) is 7.57. The second-order valence-electron chi connectivity index (χ2n) is 5.88. The monoisotopic (exact) mass is 348 g/mol. The van der Waals surface area contributed by atoms with Crippen molar-refractivity contribution >= 4 is 5.91 Å². The van der Waals surface area contributed by atoms with Crippen LogP contribution in [-0.2, 0) is 11.2 Å². The number of carbonyl (C=O) groups excluding carboxylic acids is 1. The van der Waals surface area contributed by atoms with Crippen molar-refractivity contribution in [1.29, 1.82) is 0 Å². The highest BCUT2D eigenvalue weighted by Gasteiger charge is 2.31. The highest BCUT2D eigenvalue weighted by atomic mass is 19.1. The van der Waals surface area contributed by atoms with E-state index in [2.05, 4.69) is 15.0 Å². The Balaban J connectivity index is 1.72. The summed E-state index contributed by atoms with van der Waals surface area (Å²) in [4.78, 5) is 16.4. The summed E-state index contributed by atoms with van der Waals surface area (Å²) in [5.41, 5.74) is 0.826. The van der Waals surface area contributed by atoms with E-state index >= 15 is 0 Å². The molecule has 1 aliphatic rings. The van der Waals surface area contributed by atoms with E-state index < -0.39 is 23.3 Å². The normalized spacial score (nSPS) is 19.6. The number of methoxy groups -OCH3 is 1. The van der Waals surface area contributed by atoms with E-state index in [0.29, 0.717) is 19.6 Å². The average Bonchev–Trinajstić information content (AvgIpc) is 3.03. The SMILES string of the molecule is COc1c(F)ccc(C(=O)N[C@H]2COC[C@H]2Cc2ccncc2)c1F. The number of pyridine rings is 1. The van der Waals surface area contributed by atoms with Crippen LogP contribution >= 0.6 is 0 Å². The number of amides is 1. The maximum absolute atomic E-state index is 14.2. The quantitative estimate of drug-likeness (QED) is 0.901. The van der Waals surface area contributed by atoms with Crippen LogP contribution in [0.3, 0.4) is 0 Å². The molecule has 1 aliphatic heterocycles. The molecule has 1 aromatic heterocycles. The van der Waals surface area contributed by atoms with Crippen molar-refractivity contribution < 1.29 is 23.0 Å². The predicted molar refractivity (Wildman–Crippen MR) is 86.4 cm³/mol. The fraction of sp³-hybridized carbons (Fsp3) is 0.333. The number of ether oxygens (including phenoxy) is 2. The lowest BCUT2D eigenvalue weighted by Gasteiger charge is -2.19. The van der Waals surface area contributed by atoms with Gasteiger partial charge in [-0.05, 0) is 36.2 Å². The summed E-state index contributed by atoms with van der Waals surface area (Å²) in [6.45, 7) is 0.851. The summed E-state index contributed by atoms with van der Waals surface area (Å²) in [6, 6.07) is 5.67. The number of hydrogen-bond donors (Lipinski definition) is 1. The number of nitrogens with zero attached hydrogens (tertiary/aromatic N) is 1. The summed E-state index contributed by atoms with van der Waals surface area (Å²) in [5, 5.41) is 2.78. The van der Waals surface area contributed by atoms with Gasteiger partial charge in [0.2, 0.25) is 0 Å². The standard InChI is InChI=1S/C18H18F2N2O3/c1-24-17-14(19)3-2-13(16(17)20)18(23)22-15-10-25-9-12(15)8-11-4-6-21-7-5-11/h2-7,12,15H,8-10H2,1H3,(H,22,23)/t12-,15+/m1/s1. The van der Waals surface area contributed by atoms with Gasteiger partial charge in [0, 0.05) is 18.3 Å². The zero-order valence-corrected chi connectivity index (χ0v) is 13.7. The van der Waals surface area contributed by atoms with Crippen LogP contribution in [0.5, 0.6) is 5.75 Å². The number of hydrogen-bond acceptors (Lipinski definition) is 4. The van der Waals surface area contributed by atoms with Gasteiger partial charge in [0.1, 0.15) is 0 Å². The molecule has 0 unspecified atom stereocenters. The average molecular weight is 348 g/mol. The van der Waals surface area contributed by atoms with Crippen LogP contribution in [-0.4, -0.2) is 37.3 Å². The molecule has 1 aromatic carbocycles. The van der Waals surface area contributed by atoms with Crippen LogP contribution in [0, 0.1) is 17.6 Å². The van der Waals surface area contributed by atoms with Gasteiger partial charge in [-0.1, -0.05) is 0 Å². The molecule has 2 heterocycles. The van der Waals surface area contributed by atoms with E-state index in [4.69, 9.17) is 4.74 Å². The first-order chi connectivity index (χ1) is 12.1. The Kier molecular flexibility index (Phi) is 5.23. The molecular weight excluding hydrogens is 330 g/mol. The van der Waals surface area contributed by atoms with Crippen LogP contribution in [0.15, 0.2) is 36.7 Å². The number of halogens is 2. The minimum absolute atomic E-state index is 0.0664. The molecule has 0 radical (unpaired) electrons. The summed E-state index contributed by atoms with van der Waals surface area (Å²) in [5.74, 6) is -2.98. The van der Waals surface area contributed by atoms with Crippen LogP contribution in [0.25, 0.3) is 0 Å². The first kappa shape index (κ1) is 17.3. The van der Waals surface area contributed by atoms with Gasteiger partial charge in [0.05, 0.1) is 31.9 Å². The summed E-state index contributed by atoms with van der Waals surface area (Å²) in [6.07, 6.45) is 4.13. The zero-order chi connectivity index (χ0) is 17.8. The Morgan fingerprint density at radius 2 is 2.04 bits per heavy atom. The lowest BCUT2D eigenvalue weighted by atomic mass is 9.95. The number of rotatable bonds is 5. The second-order valence-corrected chi connectivity index (χ2v) is 5.88. The molecule has 2 atom stereocenters. The summed E-state index contributed by atoms with van der Waals surface area (Å²) in [7, 11) is 1.15. The molecule has 132 valence electrons. The Morgan fingerprint density at radius 3 is 2.76 bits per heavy atom. The van der Waals surface area contributed by atoms with E-state index in [1.807, 2.05) is 12.1 Å². The third kappa shape index (κ3) is 3.76. The molecule has 3 rings (SSSR count). The lowest BCUT2D eigenvalue weighted by Crippen LogP contribution is -2.41. The van der Waals surface area contributed by atoms with Crippen LogP contribution in [0.4, 0.5) is 8.78 Å². The minimum atomic E-state index is -1.01. The van der Waals surface area contributed by atoms with E-state index in [1.165, 1.54) is 0 Å². The van der Waals surface area contributed by atoms with Crippen molar-refractivity contribution in [2.75, 3.05) is 20.3 Å². The Bertz CT molecular complexity index is 755. The molecule has 25 heavy (non-hydrogen) atoms. The maximum atomic E-state index is 14.2. The minimum Gasteiger partial charge on any atom is -0.491 e. The van der Waals surface area contributed by atoms with E-state index in [-0.39, 0.29) is 17.5 Å². The molecule has 1 saturated heterocycles. The van der Waals surface area contributed by atoms with Gasteiger partial charge in [-0.2, -0.15) is 0 Å². The first-order valence-electron chi connectivity index (χ1n) is 7.89. The number of aromatic nitrogens is 1. The molecule has 0 saturated carbocycles. The van der Waals surface area contributed by atoms with Gasteiger partial charge in [-0.15, -0.1) is 0 Å². The van der Waals surface area contributed by atoms with Gasteiger partial charge in [-0.25, -0.2) is 8.78 Å². The Labute approximate surface area is 144 Å². The molecule has 7 heteroatoms. The van der Waals surface area contributed by atoms with E-state index in [9.17, 15) is 13.6 Å². The zero-order valence-electron chi connectivity index (χ0n) is 13.7. The van der Waals surface area contributed by atoms with Crippen molar-refractivity contribution in [1.82, 2.24) is 10.3 Å². The number of benzene rings is 1. The van der Waals surface area contributed by atoms with Crippen molar-refractivity contribution in [2.45, 2.75) is 12.5 Å². The van der Waals surface area contributed by atoms with Crippen molar-refractivity contribution in [3.63, 3.8) is 0 Å². The topological polar surface area (TPSA) is 60.5 Å². The van der Waals surface area contributed by atoms with Gasteiger partial charge in [-0.3, -0.25) is 9.78 Å². The van der Waals surface area contributed by atoms with Crippen molar-refractivity contribution in [2.24, 2.45) is 5.92 Å². The highest BCUT2D eigenvalue weighted by molar-refractivity contribution is 5.95. The number of carbonyl (C=O) groups is 1. The van der Waals surface area contributed by atoms with Gasteiger partial charge in [0.15, 0.2) is 17.4 Å². The maximum Gasteiger partial charge on any atom is 0.254 e. The van der Waals surface area contributed by atoms with Crippen LogP contribution in [0.1, 0.15) is 15.9 Å². The van der Waals surface area contributed by atoms with E-state index in [0.717, 1.165) is 24.8 Å². The predicted octanol–water partition coefficient (Wildman–Crippen LogP) is 2.36. The van der Waals surface area contributed by atoms with Crippen molar-refractivity contribution in [3.05, 3.63) is 59.4 Å². The third-order valence-electron chi connectivity index (χ3n) is 4.26. The third-order valence-corrected chi connectivity index (χ3v) is 4.26. The fourth-order valence-electron chi connectivity index (χ4n) is 2.92. The van der Waals surface area contributed by atoms with Crippen molar-refractivity contribution in [3.8, 4) is 5.75 Å². The Morgan fingerprint density at radius 1 is 1.28 bits per heavy atom. The van der Waals surface area contributed by atoms with Crippen LogP contribution < -0.4 is 10.1 Å². The lowest BCUT2D eigenvalue weighted by molar-refractivity contribution is 0.0920. The van der Waals surface area contributed by atoms with E-state index in [1.54, 1.807) is 12.4 Å². The molecule has 1 fully saturated rings. The van der Waals surface area contributed by atoms with Gasteiger partial charge >= 0.3 is 0 Å². The molecular formula is C18H18F2N2O3. The molecule has 1 amide bonds. The van der Waals surface area contributed by atoms with Crippen LogP contribution in [0.2, 0.25) is 0 Å². The first-order valence-corrected chi connectivity index (χ1v) is 7.89. The Hall–Kier alpha value is -2.54. The molecule has 0 bridgehead atoms. The fourth-order valence-corrected chi connectivity index (χ4v) is 2.92. The van der Waals surface area contributed by atoms with Gasteiger partial charge in [0.25, 0.3) is 5.91 Å². The molecule has 0 aliphatic carbocycles. The summed E-state index contributed by atoms with van der Waals surface area (Å²) < 4.78 is 37.9. The highest BCUT2D eigenvalue weighted by Crippen LogP contribution is 2.25.